The molecule has 0 aliphatic rings. The molecule has 4 heteroatoms. The van der Waals surface area contributed by atoms with E-state index in [9.17, 15) is 0 Å². The van der Waals surface area contributed by atoms with Crippen LogP contribution in [0.5, 0.6) is 0 Å². The number of thiophene rings is 1. The van der Waals surface area contributed by atoms with Gasteiger partial charge in [0.1, 0.15) is 5.82 Å². The van der Waals surface area contributed by atoms with Crippen molar-refractivity contribution in [2.24, 2.45) is 5.73 Å². The number of rotatable bonds is 4. The van der Waals surface area contributed by atoms with Gasteiger partial charge in [-0.05, 0) is 23.1 Å². The molecule has 0 aliphatic carbocycles. The van der Waals surface area contributed by atoms with Crippen molar-refractivity contribution in [1.29, 1.82) is 0 Å². The average Bonchev–Trinajstić information content (AvgIpc) is 2.82. The molecule has 2 N–H and O–H groups in total. The van der Waals surface area contributed by atoms with E-state index in [1.165, 1.54) is 4.88 Å². The summed E-state index contributed by atoms with van der Waals surface area (Å²) in [7, 11) is 2.05. The highest BCUT2D eigenvalue weighted by atomic mass is 32.1. The largest absolute Gasteiger partial charge is 0.355 e. The van der Waals surface area contributed by atoms with Crippen molar-refractivity contribution in [2.45, 2.75) is 13.1 Å². The Hall–Kier alpha value is -1.39. The summed E-state index contributed by atoms with van der Waals surface area (Å²) in [5, 5.41) is 2.09. The minimum atomic E-state index is 0.544. The standard InChI is InChI=1S/C12H15N3S/c1-15(9-11-3-2-6-16-11)12-5-4-10(7-13)8-14-12/h2-6,8H,7,9,13H2,1H3. The predicted molar refractivity (Wildman–Crippen MR) is 68.6 cm³/mol. The number of aromatic nitrogens is 1. The summed E-state index contributed by atoms with van der Waals surface area (Å²) in [6.07, 6.45) is 1.83. The Kier molecular flexibility index (Phi) is 3.54. The van der Waals surface area contributed by atoms with E-state index in [4.69, 9.17) is 5.73 Å². The van der Waals surface area contributed by atoms with Gasteiger partial charge in [0, 0.05) is 24.7 Å². The maximum absolute atomic E-state index is 5.53. The van der Waals surface area contributed by atoms with Crippen LogP contribution in [0, 0.1) is 0 Å². The van der Waals surface area contributed by atoms with Crippen LogP contribution in [-0.4, -0.2) is 12.0 Å². The van der Waals surface area contributed by atoms with E-state index in [0.717, 1.165) is 17.9 Å². The summed E-state index contributed by atoms with van der Waals surface area (Å²) in [6.45, 7) is 1.44. The molecule has 16 heavy (non-hydrogen) atoms. The summed E-state index contributed by atoms with van der Waals surface area (Å²) < 4.78 is 0. The van der Waals surface area contributed by atoms with E-state index in [1.54, 1.807) is 11.3 Å². The number of nitrogens with zero attached hydrogens (tertiary/aromatic N) is 2. The highest BCUT2D eigenvalue weighted by Gasteiger charge is 2.03. The number of hydrogen-bond donors (Lipinski definition) is 1. The highest BCUT2D eigenvalue weighted by Crippen LogP contribution is 2.16. The van der Waals surface area contributed by atoms with E-state index < -0.39 is 0 Å². The number of anilines is 1. The normalized spacial score (nSPS) is 10.4. The third-order valence-corrected chi connectivity index (χ3v) is 3.27. The molecule has 0 saturated carbocycles. The second-order valence-electron chi connectivity index (χ2n) is 3.66. The van der Waals surface area contributed by atoms with Gasteiger partial charge in [-0.25, -0.2) is 4.98 Å². The Labute approximate surface area is 99.5 Å². The van der Waals surface area contributed by atoms with E-state index in [2.05, 4.69) is 27.4 Å². The predicted octanol–water partition coefficient (Wildman–Crippen LogP) is 2.24. The molecule has 0 fully saturated rings. The highest BCUT2D eigenvalue weighted by molar-refractivity contribution is 7.09. The van der Waals surface area contributed by atoms with Gasteiger partial charge in [-0.15, -0.1) is 11.3 Å². The molecular formula is C12H15N3S. The van der Waals surface area contributed by atoms with Crippen LogP contribution in [-0.2, 0) is 13.1 Å². The van der Waals surface area contributed by atoms with Crippen LogP contribution in [0.1, 0.15) is 10.4 Å². The van der Waals surface area contributed by atoms with Gasteiger partial charge in [-0.1, -0.05) is 12.1 Å². The molecule has 0 bridgehead atoms. The van der Waals surface area contributed by atoms with Gasteiger partial charge in [0.05, 0.1) is 6.54 Å². The topological polar surface area (TPSA) is 42.1 Å². The molecule has 2 rings (SSSR count). The Morgan fingerprint density at radius 2 is 2.25 bits per heavy atom. The van der Waals surface area contributed by atoms with Crippen molar-refractivity contribution in [2.75, 3.05) is 11.9 Å². The zero-order valence-electron chi connectivity index (χ0n) is 9.26. The molecule has 0 spiro atoms. The zero-order valence-corrected chi connectivity index (χ0v) is 10.1. The van der Waals surface area contributed by atoms with Crippen LogP contribution in [0.4, 0.5) is 5.82 Å². The van der Waals surface area contributed by atoms with Crippen molar-refractivity contribution >= 4 is 17.2 Å². The summed E-state index contributed by atoms with van der Waals surface area (Å²) >= 11 is 1.76. The maximum atomic E-state index is 5.53. The Morgan fingerprint density at radius 3 is 2.81 bits per heavy atom. The summed E-state index contributed by atoms with van der Waals surface area (Å²) in [6, 6.07) is 8.23. The second-order valence-corrected chi connectivity index (χ2v) is 4.70. The van der Waals surface area contributed by atoms with Crippen LogP contribution in [0.25, 0.3) is 0 Å². The molecule has 0 aliphatic heterocycles. The van der Waals surface area contributed by atoms with Crippen LogP contribution in [0.15, 0.2) is 35.8 Å². The lowest BCUT2D eigenvalue weighted by molar-refractivity contribution is 0.906. The lowest BCUT2D eigenvalue weighted by Crippen LogP contribution is -2.16. The number of pyridine rings is 1. The fourth-order valence-corrected chi connectivity index (χ4v) is 2.24. The van der Waals surface area contributed by atoms with Gasteiger partial charge in [-0.2, -0.15) is 0 Å². The minimum Gasteiger partial charge on any atom is -0.355 e. The lowest BCUT2D eigenvalue weighted by atomic mass is 10.3. The molecule has 0 atom stereocenters. The summed E-state index contributed by atoms with van der Waals surface area (Å²) in [5.74, 6) is 0.977. The Balaban J connectivity index is 2.05. The van der Waals surface area contributed by atoms with Crippen molar-refractivity contribution in [3.63, 3.8) is 0 Å². The summed E-state index contributed by atoms with van der Waals surface area (Å²) in [4.78, 5) is 7.85. The van der Waals surface area contributed by atoms with Gasteiger partial charge in [0.2, 0.25) is 0 Å². The smallest absolute Gasteiger partial charge is 0.128 e. The first-order valence-electron chi connectivity index (χ1n) is 5.18. The van der Waals surface area contributed by atoms with Crippen LogP contribution in [0.3, 0.4) is 0 Å². The van der Waals surface area contributed by atoms with Crippen LogP contribution in [0.2, 0.25) is 0 Å². The van der Waals surface area contributed by atoms with Gasteiger partial charge in [0.25, 0.3) is 0 Å². The van der Waals surface area contributed by atoms with Crippen LogP contribution >= 0.6 is 11.3 Å². The third-order valence-electron chi connectivity index (χ3n) is 2.41. The van der Waals surface area contributed by atoms with Gasteiger partial charge in [0.15, 0.2) is 0 Å². The molecular weight excluding hydrogens is 218 g/mol. The summed E-state index contributed by atoms with van der Waals surface area (Å²) in [5.41, 5.74) is 6.60. The molecule has 0 unspecified atom stereocenters. The molecule has 0 radical (unpaired) electrons. The van der Waals surface area contributed by atoms with Crippen LogP contribution < -0.4 is 10.6 Å². The minimum absolute atomic E-state index is 0.544. The third kappa shape index (κ3) is 2.59. The fraction of sp³-hybridized carbons (Fsp3) is 0.250. The SMILES string of the molecule is CN(Cc1cccs1)c1ccc(CN)cn1. The van der Waals surface area contributed by atoms with Gasteiger partial charge >= 0.3 is 0 Å². The van der Waals surface area contributed by atoms with Crippen molar-refractivity contribution in [3.05, 3.63) is 46.3 Å². The first-order valence-corrected chi connectivity index (χ1v) is 6.06. The molecule has 2 aromatic heterocycles. The van der Waals surface area contributed by atoms with Crippen molar-refractivity contribution < 1.29 is 0 Å². The first kappa shape index (κ1) is 11.1. The fourth-order valence-electron chi connectivity index (χ4n) is 1.48. The monoisotopic (exact) mass is 233 g/mol. The van der Waals surface area contributed by atoms with Gasteiger partial charge in [-0.3, -0.25) is 0 Å². The Bertz CT molecular complexity index is 422. The number of hydrogen-bond acceptors (Lipinski definition) is 4. The molecule has 3 nitrogen and oxygen atoms in total. The number of nitrogens with two attached hydrogens (primary N) is 1. The lowest BCUT2D eigenvalue weighted by Gasteiger charge is -2.17. The molecule has 0 amide bonds. The van der Waals surface area contributed by atoms with E-state index in [1.807, 2.05) is 25.4 Å². The molecule has 2 heterocycles. The first-order chi connectivity index (χ1) is 7.79. The molecule has 0 aromatic carbocycles. The van der Waals surface area contributed by atoms with E-state index in [0.29, 0.717) is 6.54 Å². The molecule has 0 saturated heterocycles. The van der Waals surface area contributed by atoms with E-state index >= 15 is 0 Å². The second kappa shape index (κ2) is 5.09. The van der Waals surface area contributed by atoms with Crippen molar-refractivity contribution in [1.82, 2.24) is 4.98 Å². The van der Waals surface area contributed by atoms with Crippen molar-refractivity contribution in [3.8, 4) is 0 Å². The quantitative estimate of drug-likeness (QED) is 0.880. The zero-order chi connectivity index (χ0) is 11.4. The maximum Gasteiger partial charge on any atom is 0.128 e. The molecule has 2 aromatic rings. The Morgan fingerprint density at radius 1 is 1.38 bits per heavy atom. The van der Waals surface area contributed by atoms with E-state index in [-0.39, 0.29) is 0 Å². The van der Waals surface area contributed by atoms with Gasteiger partial charge < -0.3 is 10.6 Å². The molecule has 84 valence electrons. The average molecular weight is 233 g/mol.